The van der Waals surface area contributed by atoms with Crippen molar-refractivity contribution < 1.29 is 0 Å². The van der Waals surface area contributed by atoms with Crippen LogP contribution in [0.25, 0.3) is 44.5 Å². The van der Waals surface area contributed by atoms with Crippen LogP contribution in [-0.2, 0) is 0 Å². The van der Waals surface area contributed by atoms with Gasteiger partial charge in [0.15, 0.2) is 0 Å². The molecule has 0 spiro atoms. The van der Waals surface area contributed by atoms with Crippen molar-refractivity contribution in [1.29, 1.82) is 0 Å². The molecule has 0 aromatic heterocycles. The van der Waals surface area contributed by atoms with Gasteiger partial charge in [-0.15, -0.1) is 0 Å². The van der Waals surface area contributed by atoms with E-state index in [0.717, 1.165) is 22.5 Å². The first-order valence-corrected chi connectivity index (χ1v) is 10.7. The molecule has 0 heterocycles. The average molecular weight is 413 g/mol. The highest BCUT2D eigenvalue weighted by atomic mass is 14.5. The van der Waals surface area contributed by atoms with Crippen LogP contribution in [0.3, 0.4) is 0 Å². The zero-order valence-electron chi connectivity index (χ0n) is 17.7. The first-order valence-electron chi connectivity index (χ1n) is 10.7. The lowest BCUT2D eigenvalue weighted by atomic mass is 9.87. The monoisotopic (exact) mass is 412 g/mol. The van der Waals surface area contributed by atoms with Crippen LogP contribution >= 0.6 is 0 Å². The molecule has 4 N–H and O–H groups in total. The molecule has 0 bridgehead atoms. The second-order valence-corrected chi connectivity index (χ2v) is 7.88. The van der Waals surface area contributed by atoms with E-state index >= 15 is 0 Å². The second kappa shape index (κ2) is 8.44. The van der Waals surface area contributed by atoms with Crippen molar-refractivity contribution in [1.82, 2.24) is 0 Å². The molecule has 2 heteroatoms. The lowest BCUT2D eigenvalue weighted by molar-refractivity contribution is 1.55. The van der Waals surface area contributed by atoms with E-state index in [9.17, 15) is 0 Å². The third-order valence-corrected chi connectivity index (χ3v) is 5.80. The van der Waals surface area contributed by atoms with Crippen LogP contribution in [-0.4, -0.2) is 0 Å². The van der Waals surface area contributed by atoms with Gasteiger partial charge in [-0.1, -0.05) is 97.1 Å². The summed E-state index contributed by atoms with van der Waals surface area (Å²) < 4.78 is 0. The molecule has 0 unspecified atom stereocenters. The summed E-state index contributed by atoms with van der Waals surface area (Å²) in [5.41, 5.74) is 22.8. The van der Waals surface area contributed by atoms with E-state index in [1.165, 1.54) is 33.4 Å². The first kappa shape index (κ1) is 19.7. The van der Waals surface area contributed by atoms with Gasteiger partial charge in [-0.2, -0.15) is 0 Å². The Bertz CT molecular complexity index is 1260. The van der Waals surface area contributed by atoms with Gasteiger partial charge in [-0.05, 0) is 68.8 Å². The van der Waals surface area contributed by atoms with Crippen LogP contribution in [0.4, 0.5) is 11.4 Å². The predicted octanol–water partition coefficient (Wildman–Crippen LogP) is 7.52. The van der Waals surface area contributed by atoms with Crippen LogP contribution in [0.5, 0.6) is 0 Å². The summed E-state index contributed by atoms with van der Waals surface area (Å²) in [7, 11) is 0. The molecule has 0 saturated carbocycles. The molecule has 32 heavy (non-hydrogen) atoms. The van der Waals surface area contributed by atoms with Crippen molar-refractivity contribution in [3.05, 3.63) is 121 Å². The molecule has 5 aromatic rings. The van der Waals surface area contributed by atoms with Crippen LogP contribution in [0.2, 0.25) is 0 Å². The molecule has 0 aliphatic heterocycles. The number of anilines is 2. The van der Waals surface area contributed by atoms with Crippen LogP contribution < -0.4 is 11.5 Å². The van der Waals surface area contributed by atoms with Crippen LogP contribution in [0.1, 0.15) is 0 Å². The molecular formula is C30H24N2. The maximum Gasteiger partial charge on any atom is 0.0314 e. The number of hydrogen-bond acceptors (Lipinski definition) is 2. The molecular weight excluding hydrogens is 388 g/mol. The molecule has 0 fully saturated rings. The highest BCUT2D eigenvalue weighted by Crippen LogP contribution is 2.41. The molecule has 0 atom stereocenters. The summed E-state index contributed by atoms with van der Waals surface area (Å²) in [6.07, 6.45) is 0. The molecule has 154 valence electrons. The Labute approximate surface area is 188 Å². The number of hydrogen-bond donors (Lipinski definition) is 2. The normalized spacial score (nSPS) is 10.8. The van der Waals surface area contributed by atoms with E-state index in [2.05, 4.69) is 97.1 Å². The van der Waals surface area contributed by atoms with Crippen LogP contribution in [0, 0.1) is 0 Å². The Morgan fingerprint density at radius 2 is 0.531 bits per heavy atom. The van der Waals surface area contributed by atoms with Crippen molar-refractivity contribution in [3.8, 4) is 44.5 Å². The van der Waals surface area contributed by atoms with E-state index in [-0.39, 0.29) is 0 Å². The Morgan fingerprint density at radius 1 is 0.281 bits per heavy atom. The van der Waals surface area contributed by atoms with Gasteiger partial charge in [-0.3, -0.25) is 0 Å². The average Bonchev–Trinajstić information content (AvgIpc) is 2.85. The molecule has 0 radical (unpaired) electrons. The van der Waals surface area contributed by atoms with E-state index in [4.69, 9.17) is 11.5 Å². The largest absolute Gasteiger partial charge is 0.399 e. The number of nitrogens with two attached hydrogens (primary N) is 2. The molecule has 0 saturated heterocycles. The standard InChI is InChI=1S/C30H24N2/c31-23-17-13-21(14-18-23)25-7-1-3-9-27(25)29-11-5-6-12-30(29)28-10-4-2-8-26(28)22-15-19-24(32)20-16-22/h1-20H,31-32H2. The van der Waals surface area contributed by atoms with Crippen molar-refractivity contribution in [2.45, 2.75) is 0 Å². The number of rotatable bonds is 4. The summed E-state index contributed by atoms with van der Waals surface area (Å²) in [5, 5.41) is 0. The highest BCUT2D eigenvalue weighted by Gasteiger charge is 2.14. The zero-order valence-corrected chi connectivity index (χ0v) is 17.7. The lowest BCUT2D eigenvalue weighted by Gasteiger charge is -2.17. The number of nitrogen functional groups attached to an aromatic ring is 2. The van der Waals surface area contributed by atoms with Gasteiger partial charge in [0.05, 0.1) is 0 Å². The molecule has 0 aliphatic rings. The van der Waals surface area contributed by atoms with Gasteiger partial charge in [0.1, 0.15) is 0 Å². The van der Waals surface area contributed by atoms with Crippen molar-refractivity contribution >= 4 is 11.4 Å². The topological polar surface area (TPSA) is 52.0 Å². The maximum absolute atomic E-state index is 5.93. The highest BCUT2D eigenvalue weighted by molar-refractivity contribution is 5.95. The van der Waals surface area contributed by atoms with Gasteiger partial charge in [0, 0.05) is 11.4 Å². The maximum atomic E-state index is 5.93. The fourth-order valence-corrected chi connectivity index (χ4v) is 4.22. The van der Waals surface area contributed by atoms with Crippen LogP contribution in [0.15, 0.2) is 121 Å². The zero-order chi connectivity index (χ0) is 21.9. The molecule has 2 nitrogen and oxygen atoms in total. The summed E-state index contributed by atoms with van der Waals surface area (Å²) in [6.45, 7) is 0. The quantitative estimate of drug-likeness (QED) is 0.300. The molecule has 0 amide bonds. The third-order valence-electron chi connectivity index (χ3n) is 5.80. The fraction of sp³-hybridized carbons (Fsp3) is 0. The van der Waals surface area contributed by atoms with E-state index in [0.29, 0.717) is 0 Å². The second-order valence-electron chi connectivity index (χ2n) is 7.88. The minimum atomic E-state index is 0.768. The van der Waals surface area contributed by atoms with Gasteiger partial charge in [0.2, 0.25) is 0 Å². The van der Waals surface area contributed by atoms with E-state index in [1.54, 1.807) is 0 Å². The summed E-state index contributed by atoms with van der Waals surface area (Å²) >= 11 is 0. The minimum absolute atomic E-state index is 0.768. The minimum Gasteiger partial charge on any atom is -0.399 e. The summed E-state index contributed by atoms with van der Waals surface area (Å²) in [6, 6.07) is 41.8. The van der Waals surface area contributed by atoms with Crippen molar-refractivity contribution in [2.75, 3.05) is 11.5 Å². The Balaban J connectivity index is 1.70. The Kier molecular flexibility index (Phi) is 5.19. The SMILES string of the molecule is Nc1ccc(-c2ccccc2-c2ccccc2-c2ccccc2-c2ccc(N)cc2)cc1. The van der Waals surface area contributed by atoms with Crippen molar-refractivity contribution in [2.24, 2.45) is 0 Å². The fourth-order valence-electron chi connectivity index (χ4n) is 4.22. The molecule has 0 aliphatic carbocycles. The van der Waals surface area contributed by atoms with Gasteiger partial charge < -0.3 is 11.5 Å². The molecule has 5 rings (SSSR count). The van der Waals surface area contributed by atoms with Gasteiger partial charge in [0.25, 0.3) is 0 Å². The van der Waals surface area contributed by atoms with E-state index in [1.807, 2.05) is 24.3 Å². The van der Waals surface area contributed by atoms with Crippen molar-refractivity contribution in [3.63, 3.8) is 0 Å². The Hall–Kier alpha value is -4.30. The smallest absolute Gasteiger partial charge is 0.0314 e. The van der Waals surface area contributed by atoms with Gasteiger partial charge >= 0.3 is 0 Å². The predicted molar refractivity (Wildman–Crippen MR) is 137 cm³/mol. The lowest BCUT2D eigenvalue weighted by Crippen LogP contribution is -1.92. The Morgan fingerprint density at radius 3 is 0.844 bits per heavy atom. The summed E-state index contributed by atoms with van der Waals surface area (Å²) in [4.78, 5) is 0. The van der Waals surface area contributed by atoms with E-state index < -0.39 is 0 Å². The number of benzene rings is 5. The van der Waals surface area contributed by atoms with Gasteiger partial charge in [-0.25, -0.2) is 0 Å². The summed E-state index contributed by atoms with van der Waals surface area (Å²) in [5.74, 6) is 0. The third kappa shape index (κ3) is 3.75. The first-order chi connectivity index (χ1) is 15.7. The molecule has 5 aromatic carbocycles.